The maximum absolute atomic E-state index is 12.9. The van der Waals surface area contributed by atoms with E-state index in [-0.39, 0.29) is 12.5 Å². The van der Waals surface area contributed by atoms with Crippen molar-refractivity contribution >= 4 is 12.0 Å². The first-order valence-electron chi connectivity index (χ1n) is 10.7. The number of carbonyl (C=O) groups excluding carboxylic acids is 2. The van der Waals surface area contributed by atoms with Crippen LogP contribution >= 0.6 is 0 Å². The summed E-state index contributed by atoms with van der Waals surface area (Å²) in [6.07, 6.45) is -2.06. The number of azide groups is 1. The van der Waals surface area contributed by atoms with Gasteiger partial charge in [0, 0.05) is 4.91 Å². The molecule has 0 saturated carbocycles. The summed E-state index contributed by atoms with van der Waals surface area (Å²) in [5.41, 5.74) is 9.97. The number of amides is 2. The molecule has 2 aromatic carbocycles. The minimum Gasteiger partial charge on any atom is -0.444 e. The topological polar surface area (TPSA) is 136 Å². The second kappa shape index (κ2) is 11.9. The van der Waals surface area contributed by atoms with Gasteiger partial charge in [0.1, 0.15) is 11.6 Å². The Morgan fingerprint density at radius 1 is 1.06 bits per heavy atom. The molecule has 9 heteroatoms. The summed E-state index contributed by atoms with van der Waals surface area (Å²) in [5, 5.41) is 20.0. The Labute approximate surface area is 193 Å². The summed E-state index contributed by atoms with van der Waals surface area (Å²) in [4.78, 5) is 28.1. The Kier molecular flexibility index (Phi) is 9.27. The van der Waals surface area contributed by atoms with Gasteiger partial charge in [0.05, 0.1) is 18.2 Å². The fraction of sp³-hybridized carbons (Fsp3) is 0.417. The van der Waals surface area contributed by atoms with E-state index in [1.165, 1.54) is 0 Å². The van der Waals surface area contributed by atoms with Crippen molar-refractivity contribution < 1.29 is 19.4 Å². The molecule has 0 heterocycles. The highest BCUT2D eigenvalue weighted by Crippen LogP contribution is 2.16. The van der Waals surface area contributed by atoms with Crippen LogP contribution in [-0.2, 0) is 16.0 Å². The zero-order chi connectivity index (χ0) is 24.4. The molecule has 0 fully saturated rings. The van der Waals surface area contributed by atoms with Gasteiger partial charge < -0.3 is 20.5 Å². The number of ether oxygens (including phenoxy) is 1. The van der Waals surface area contributed by atoms with Crippen LogP contribution in [0.3, 0.4) is 0 Å². The molecular weight excluding hydrogens is 422 g/mol. The summed E-state index contributed by atoms with van der Waals surface area (Å²) < 4.78 is 5.31. The van der Waals surface area contributed by atoms with Crippen molar-refractivity contribution in [1.29, 1.82) is 0 Å². The van der Waals surface area contributed by atoms with Crippen molar-refractivity contribution in [1.82, 2.24) is 10.6 Å². The third kappa shape index (κ3) is 8.48. The maximum atomic E-state index is 12.9. The predicted octanol–water partition coefficient (Wildman–Crippen LogP) is 4.04. The highest BCUT2D eigenvalue weighted by atomic mass is 16.6. The van der Waals surface area contributed by atoms with Gasteiger partial charge in [0.15, 0.2) is 0 Å². The molecule has 0 aliphatic carbocycles. The van der Waals surface area contributed by atoms with Gasteiger partial charge in [0.25, 0.3) is 0 Å². The zero-order valence-corrected chi connectivity index (χ0v) is 19.3. The minimum atomic E-state index is -1.50. The van der Waals surface area contributed by atoms with Crippen LogP contribution in [0.25, 0.3) is 10.4 Å². The van der Waals surface area contributed by atoms with Crippen molar-refractivity contribution in [3.8, 4) is 0 Å². The number of nitrogens with one attached hydrogen (secondary N) is 2. The van der Waals surface area contributed by atoms with Crippen LogP contribution in [0.2, 0.25) is 0 Å². The first kappa shape index (κ1) is 25.7. The van der Waals surface area contributed by atoms with Crippen molar-refractivity contribution in [2.45, 2.75) is 63.9 Å². The lowest BCUT2D eigenvalue weighted by molar-refractivity contribution is -0.125. The molecule has 2 aromatic rings. The molecule has 0 spiro atoms. The smallest absolute Gasteiger partial charge is 0.407 e. The van der Waals surface area contributed by atoms with Crippen molar-refractivity contribution in [3.05, 3.63) is 82.2 Å². The molecule has 33 heavy (non-hydrogen) atoms. The molecule has 0 aliphatic rings. The molecule has 0 saturated heterocycles. The Bertz CT molecular complexity index is 956. The van der Waals surface area contributed by atoms with Gasteiger partial charge in [-0.3, -0.25) is 4.79 Å². The Morgan fingerprint density at radius 3 is 2.18 bits per heavy atom. The molecule has 3 N–H and O–H groups in total. The SMILES string of the molecule is C[C@H](NC(=O)[C@@H](N=[N+]=[N-])[C@@H](O)[C@H](Cc1ccccc1)NC(=O)OC(C)(C)C)c1ccccc1. The van der Waals surface area contributed by atoms with E-state index in [4.69, 9.17) is 10.3 Å². The number of rotatable bonds is 9. The summed E-state index contributed by atoms with van der Waals surface area (Å²) in [6.45, 7) is 6.94. The number of carbonyl (C=O) groups is 2. The molecule has 0 unspecified atom stereocenters. The minimum absolute atomic E-state index is 0.195. The van der Waals surface area contributed by atoms with Crippen LogP contribution in [-0.4, -0.2) is 40.9 Å². The second-order valence-corrected chi connectivity index (χ2v) is 8.72. The lowest BCUT2D eigenvalue weighted by Crippen LogP contribution is -2.54. The van der Waals surface area contributed by atoms with Gasteiger partial charge in [-0.25, -0.2) is 4.79 Å². The average Bonchev–Trinajstić information content (AvgIpc) is 2.76. The highest BCUT2D eigenvalue weighted by Gasteiger charge is 2.35. The molecule has 2 amide bonds. The maximum Gasteiger partial charge on any atom is 0.407 e. The predicted molar refractivity (Wildman–Crippen MR) is 125 cm³/mol. The molecular formula is C24H31N5O4. The molecule has 9 nitrogen and oxygen atoms in total. The van der Waals surface area contributed by atoms with E-state index >= 15 is 0 Å². The molecule has 176 valence electrons. The van der Waals surface area contributed by atoms with Gasteiger partial charge >= 0.3 is 6.09 Å². The van der Waals surface area contributed by atoms with Gasteiger partial charge in [-0.15, -0.1) is 0 Å². The average molecular weight is 454 g/mol. The van der Waals surface area contributed by atoms with E-state index in [9.17, 15) is 14.7 Å². The monoisotopic (exact) mass is 453 g/mol. The van der Waals surface area contributed by atoms with Crippen molar-refractivity contribution in [2.24, 2.45) is 5.11 Å². The van der Waals surface area contributed by atoms with Gasteiger partial charge in [-0.2, -0.15) is 0 Å². The fourth-order valence-electron chi connectivity index (χ4n) is 3.26. The quantitative estimate of drug-likeness (QED) is 0.300. The lowest BCUT2D eigenvalue weighted by Gasteiger charge is -2.30. The normalized spacial score (nSPS) is 14.7. The fourth-order valence-corrected chi connectivity index (χ4v) is 3.26. The molecule has 0 aliphatic heterocycles. The number of alkyl carbamates (subject to hydrolysis) is 1. The van der Waals surface area contributed by atoms with Crippen LogP contribution in [0.15, 0.2) is 65.8 Å². The van der Waals surface area contributed by atoms with Crippen LogP contribution in [0, 0.1) is 0 Å². The molecule has 0 aromatic heterocycles. The summed E-state index contributed by atoms with van der Waals surface area (Å²) >= 11 is 0. The van der Waals surface area contributed by atoms with E-state index in [2.05, 4.69) is 20.7 Å². The van der Waals surface area contributed by atoms with Crippen LogP contribution in [0.4, 0.5) is 4.79 Å². The van der Waals surface area contributed by atoms with Crippen LogP contribution in [0.5, 0.6) is 0 Å². The number of benzene rings is 2. The highest BCUT2D eigenvalue weighted by molar-refractivity contribution is 5.83. The number of hydrogen-bond acceptors (Lipinski definition) is 5. The Balaban J connectivity index is 2.24. The number of nitrogens with zero attached hydrogens (tertiary/aromatic N) is 3. The summed E-state index contributed by atoms with van der Waals surface area (Å²) in [6, 6.07) is 15.6. The van der Waals surface area contributed by atoms with Crippen LogP contribution in [0.1, 0.15) is 44.9 Å². The van der Waals surface area contributed by atoms with Crippen LogP contribution < -0.4 is 10.6 Å². The lowest BCUT2D eigenvalue weighted by atomic mass is 9.96. The standard InChI is InChI=1S/C24H31N5O4/c1-16(18-13-9-6-10-14-18)26-22(31)20(28-29-25)21(30)19(15-17-11-7-5-8-12-17)27-23(32)33-24(2,3)4/h5-14,16,19-21,30H,15H2,1-4H3,(H,26,31)(H,27,32)/t16-,19-,20-,21-/m0/s1. The Hall–Kier alpha value is -3.55. The number of aliphatic hydroxyl groups excluding tert-OH is 1. The van der Waals surface area contributed by atoms with Gasteiger partial charge in [-0.1, -0.05) is 65.8 Å². The van der Waals surface area contributed by atoms with E-state index in [1.807, 2.05) is 60.7 Å². The van der Waals surface area contributed by atoms with Crippen molar-refractivity contribution in [2.75, 3.05) is 0 Å². The zero-order valence-electron chi connectivity index (χ0n) is 19.3. The van der Waals surface area contributed by atoms with Gasteiger partial charge in [-0.05, 0) is 50.8 Å². The Morgan fingerprint density at radius 2 is 1.64 bits per heavy atom. The van der Waals surface area contributed by atoms with Gasteiger partial charge in [0.2, 0.25) is 5.91 Å². The third-order valence-corrected chi connectivity index (χ3v) is 4.84. The van der Waals surface area contributed by atoms with E-state index in [0.717, 1.165) is 11.1 Å². The second-order valence-electron chi connectivity index (χ2n) is 8.72. The largest absolute Gasteiger partial charge is 0.444 e. The van der Waals surface area contributed by atoms with E-state index in [1.54, 1.807) is 27.7 Å². The van der Waals surface area contributed by atoms with E-state index in [0.29, 0.717) is 0 Å². The summed E-state index contributed by atoms with van der Waals surface area (Å²) in [5.74, 6) is -0.652. The first-order valence-corrected chi connectivity index (χ1v) is 10.7. The molecule has 0 radical (unpaired) electrons. The number of hydrogen-bond donors (Lipinski definition) is 3. The molecule has 2 rings (SSSR count). The van der Waals surface area contributed by atoms with E-state index < -0.39 is 35.8 Å². The number of aliphatic hydroxyl groups is 1. The molecule has 4 atom stereocenters. The molecule has 0 bridgehead atoms. The third-order valence-electron chi connectivity index (χ3n) is 4.84. The van der Waals surface area contributed by atoms with Crippen molar-refractivity contribution in [3.63, 3.8) is 0 Å². The summed E-state index contributed by atoms with van der Waals surface area (Å²) in [7, 11) is 0. The first-order chi connectivity index (χ1) is 15.6.